The van der Waals surface area contributed by atoms with Crippen LogP contribution in [-0.4, -0.2) is 24.5 Å². The van der Waals surface area contributed by atoms with Crippen molar-refractivity contribution in [3.63, 3.8) is 0 Å². The molecule has 1 aromatic rings. The summed E-state index contributed by atoms with van der Waals surface area (Å²) >= 11 is 0. The lowest BCUT2D eigenvalue weighted by Crippen LogP contribution is -2.56. The van der Waals surface area contributed by atoms with E-state index in [1.165, 1.54) is 0 Å². The Hall–Kier alpha value is -1.55. The molecular formula is C14H23N3O. The van der Waals surface area contributed by atoms with Crippen LogP contribution in [-0.2, 0) is 4.79 Å². The number of carbonyl (C=O) groups is 1. The van der Waals surface area contributed by atoms with Crippen molar-refractivity contribution in [1.82, 2.24) is 5.32 Å². The van der Waals surface area contributed by atoms with Gasteiger partial charge in [0.1, 0.15) is 0 Å². The molecule has 4 N–H and O–H groups in total. The highest BCUT2D eigenvalue weighted by Gasteiger charge is 2.28. The molecular weight excluding hydrogens is 226 g/mol. The van der Waals surface area contributed by atoms with Crippen LogP contribution in [0.1, 0.15) is 20.8 Å². The molecule has 0 aromatic heterocycles. The standard InChI is InChI=1S/C14H23N3O/c1-11(2)14(3,10-15)17-13(18)9-16-12-7-5-4-6-8-12/h4-8,11,16H,9-10,15H2,1-3H3,(H,17,18). The average molecular weight is 249 g/mol. The Morgan fingerprint density at radius 3 is 2.44 bits per heavy atom. The second-order valence-corrected chi connectivity index (χ2v) is 5.04. The van der Waals surface area contributed by atoms with E-state index in [4.69, 9.17) is 5.73 Å². The number of nitrogens with one attached hydrogen (secondary N) is 2. The smallest absolute Gasteiger partial charge is 0.239 e. The van der Waals surface area contributed by atoms with Crippen molar-refractivity contribution in [2.75, 3.05) is 18.4 Å². The Morgan fingerprint density at radius 2 is 1.94 bits per heavy atom. The third-order valence-electron chi connectivity index (χ3n) is 3.35. The summed E-state index contributed by atoms with van der Waals surface area (Å²) in [7, 11) is 0. The van der Waals surface area contributed by atoms with Crippen LogP contribution in [0.15, 0.2) is 30.3 Å². The highest BCUT2D eigenvalue weighted by atomic mass is 16.2. The summed E-state index contributed by atoms with van der Waals surface area (Å²) < 4.78 is 0. The van der Waals surface area contributed by atoms with Crippen LogP contribution >= 0.6 is 0 Å². The molecule has 0 bridgehead atoms. The van der Waals surface area contributed by atoms with Gasteiger partial charge in [-0.25, -0.2) is 0 Å². The van der Waals surface area contributed by atoms with Gasteiger partial charge in [-0.2, -0.15) is 0 Å². The largest absolute Gasteiger partial charge is 0.376 e. The minimum atomic E-state index is -0.352. The van der Waals surface area contributed by atoms with E-state index in [-0.39, 0.29) is 18.0 Å². The molecule has 0 heterocycles. The average Bonchev–Trinajstić information content (AvgIpc) is 2.37. The maximum atomic E-state index is 11.9. The summed E-state index contributed by atoms with van der Waals surface area (Å²) in [6.07, 6.45) is 0. The molecule has 1 rings (SSSR count). The summed E-state index contributed by atoms with van der Waals surface area (Å²) in [5.74, 6) is 0.253. The summed E-state index contributed by atoms with van der Waals surface area (Å²) in [6, 6.07) is 9.65. The predicted molar refractivity (Wildman–Crippen MR) is 75.4 cm³/mol. The van der Waals surface area contributed by atoms with Crippen LogP contribution < -0.4 is 16.4 Å². The molecule has 0 saturated heterocycles. The topological polar surface area (TPSA) is 67.1 Å². The second kappa shape index (κ2) is 6.40. The molecule has 0 saturated carbocycles. The number of hydrogen-bond acceptors (Lipinski definition) is 3. The molecule has 0 radical (unpaired) electrons. The zero-order chi connectivity index (χ0) is 13.6. The van der Waals surface area contributed by atoms with Gasteiger partial charge in [0.25, 0.3) is 0 Å². The number of anilines is 1. The maximum absolute atomic E-state index is 11.9. The zero-order valence-corrected chi connectivity index (χ0v) is 11.4. The van der Waals surface area contributed by atoms with Crippen LogP contribution in [0, 0.1) is 5.92 Å². The number of benzene rings is 1. The van der Waals surface area contributed by atoms with E-state index in [1.54, 1.807) is 0 Å². The Morgan fingerprint density at radius 1 is 1.33 bits per heavy atom. The molecule has 0 aliphatic carbocycles. The van der Waals surface area contributed by atoms with Crippen LogP contribution in [0.2, 0.25) is 0 Å². The third kappa shape index (κ3) is 4.04. The fourth-order valence-corrected chi connectivity index (χ4v) is 1.53. The van der Waals surface area contributed by atoms with Gasteiger partial charge in [-0.1, -0.05) is 32.0 Å². The highest BCUT2D eigenvalue weighted by Crippen LogP contribution is 2.14. The number of rotatable bonds is 6. The Kier molecular flexibility index (Phi) is 5.16. The van der Waals surface area contributed by atoms with E-state index < -0.39 is 0 Å². The lowest BCUT2D eigenvalue weighted by molar-refractivity contribution is -0.121. The van der Waals surface area contributed by atoms with Crippen molar-refractivity contribution >= 4 is 11.6 Å². The predicted octanol–water partition coefficient (Wildman–Crippen LogP) is 1.59. The SMILES string of the molecule is CC(C)C(C)(CN)NC(=O)CNc1ccccc1. The lowest BCUT2D eigenvalue weighted by Gasteiger charge is -2.33. The van der Waals surface area contributed by atoms with Crippen molar-refractivity contribution in [2.45, 2.75) is 26.3 Å². The van der Waals surface area contributed by atoms with Gasteiger partial charge in [0, 0.05) is 12.2 Å². The summed E-state index contributed by atoms with van der Waals surface area (Å²) in [5.41, 5.74) is 6.31. The summed E-state index contributed by atoms with van der Waals surface area (Å²) in [4.78, 5) is 11.9. The zero-order valence-electron chi connectivity index (χ0n) is 11.4. The lowest BCUT2D eigenvalue weighted by atomic mass is 9.88. The van der Waals surface area contributed by atoms with Crippen molar-refractivity contribution in [2.24, 2.45) is 11.7 Å². The number of hydrogen-bond donors (Lipinski definition) is 3. The molecule has 1 atom stereocenters. The van der Waals surface area contributed by atoms with Gasteiger partial charge in [-0.05, 0) is 25.0 Å². The van der Waals surface area contributed by atoms with E-state index in [2.05, 4.69) is 24.5 Å². The molecule has 100 valence electrons. The van der Waals surface area contributed by atoms with E-state index in [1.807, 2.05) is 37.3 Å². The van der Waals surface area contributed by atoms with Gasteiger partial charge in [-0.3, -0.25) is 4.79 Å². The van der Waals surface area contributed by atoms with Crippen LogP contribution in [0.4, 0.5) is 5.69 Å². The molecule has 1 unspecified atom stereocenters. The second-order valence-electron chi connectivity index (χ2n) is 5.04. The Bertz CT molecular complexity index is 378. The normalized spacial score (nSPS) is 14.1. The van der Waals surface area contributed by atoms with Gasteiger partial charge in [-0.15, -0.1) is 0 Å². The molecule has 0 aliphatic heterocycles. The molecule has 4 nitrogen and oxygen atoms in total. The Labute approximate surface area is 109 Å². The third-order valence-corrected chi connectivity index (χ3v) is 3.35. The number of amides is 1. The highest BCUT2D eigenvalue weighted by molar-refractivity contribution is 5.81. The van der Waals surface area contributed by atoms with Crippen molar-refractivity contribution < 1.29 is 4.79 Å². The molecule has 0 aliphatic rings. The minimum absolute atomic E-state index is 0.0412. The van der Waals surface area contributed by atoms with Crippen LogP contribution in [0.25, 0.3) is 0 Å². The quantitative estimate of drug-likeness (QED) is 0.717. The van der Waals surface area contributed by atoms with Gasteiger partial charge in [0.15, 0.2) is 0 Å². The van der Waals surface area contributed by atoms with Crippen molar-refractivity contribution in [1.29, 1.82) is 0 Å². The molecule has 18 heavy (non-hydrogen) atoms. The molecule has 0 fully saturated rings. The van der Waals surface area contributed by atoms with Crippen LogP contribution in [0.3, 0.4) is 0 Å². The monoisotopic (exact) mass is 249 g/mol. The molecule has 0 spiro atoms. The van der Waals surface area contributed by atoms with Crippen molar-refractivity contribution in [3.8, 4) is 0 Å². The minimum Gasteiger partial charge on any atom is -0.376 e. The summed E-state index contributed by atoms with van der Waals surface area (Å²) in [5, 5.41) is 6.06. The first kappa shape index (κ1) is 14.5. The number of nitrogens with two attached hydrogens (primary N) is 1. The fourth-order valence-electron chi connectivity index (χ4n) is 1.53. The van der Waals surface area contributed by atoms with Crippen LogP contribution in [0.5, 0.6) is 0 Å². The first-order valence-electron chi connectivity index (χ1n) is 6.28. The number of para-hydroxylation sites is 1. The molecule has 1 aromatic carbocycles. The first-order valence-corrected chi connectivity index (χ1v) is 6.28. The fraction of sp³-hybridized carbons (Fsp3) is 0.500. The first-order chi connectivity index (χ1) is 8.48. The van der Waals surface area contributed by atoms with Gasteiger partial charge < -0.3 is 16.4 Å². The van der Waals surface area contributed by atoms with Gasteiger partial charge in [0.05, 0.1) is 12.1 Å². The summed E-state index contributed by atoms with van der Waals surface area (Å²) in [6.45, 7) is 6.77. The van der Waals surface area contributed by atoms with Crippen molar-refractivity contribution in [3.05, 3.63) is 30.3 Å². The van der Waals surface area contributed by atoms with Gasteiger partial charge >= 0.3 is 0 Å². The van der Waals surface area contributed by atoms with E-state index >= 15 is 0 Å². The van der Waals surface area contributed by atoms with E-state index in [0.717, 1.165) is 5.69 Å². The molecule has 4 heteroatoms. The van der Waals surface area contributed by atoms with Gasteiger partial charge in [0.2, 0.25) is 5.91 Å². The Balaban J connectivity index is 2.47. The van der Waals surface area contributed by atoms with E-state index in [0.29, 0.717) is 12.5 Å². The van der Waals surface area contributed by atoms with E-state index in [9.17, 15) is 4.79 Å². The maximum Gasteiger partial charge on any atom is 0.239 e. The number of carbonyl (C=O) groups excluding carboxylic acids is 1. The molecule has 1 amide bonds.